The number of carbonyl (C=O) groups is 1. The van der Waals surface area contributed by atoms with Crippen molar-refractivity contribution in [1.82, 2.24) is 0 Å². The Morgan fingerprint density at radius 2 is 2.06 bits per heavy atom. The summed E-state index contributed by atoms with van der Waals surface area (Å²) in [6, 6.07) is 4.60. The lowest BCUT2D eigenvalue weighted by Gasteiger charge is -2.20. The fourth-order valence-corrected chi connectivity index (χ4v) is 2.59. The average molecular weight is 301 g/mol. The SMILES string of the molecule is O=C(Cc1cc(F)cc(Br)c1)C1CCOCC1. The molecular formula is C13H14BrFO2. The van der Waals surface area contributed by atoms with Crippen LogP contribution >= 0.6 is 15.9 Å². The van der Waals surface area contributed by atoms with E-state index in [-0.39, 0.29) is 17.5 Å². The van der Waals surface area contributed by atoms with Gasteiger partial charge in [-0.1, -0.05) is 15.9 Å². The summed E-state index contributed by atoms with van der Waals surface area (Å²) in [6.07, 6.45) is 1.88. The molecule has 1 aromatic carbocycles. The van der Waals surface area contributed by atoms with Crippen LogP contribution in [0.5, 0.6) is 0 Å². The Morgan fingerprint density at radius 3 is 2.71 bits per heavy atom. The first-order chi connectivity index (χ1) is 8.15. The van der Waals surface area contributed by atoms with Crippen LogP contribution in [0.2, 0.25) is 0 Å². The first kappa shape index (κ1) is 12.7. The first-order valence-corrected chi connectivity index (χ1v) is 6.50. The lowest BCUT2D eigenvalue weighted by atomic mass is 9.91. The number of carbonyl (C=O) groups excluding carboxylic acids is 1. The van der Waals surface area contributed by atoms with E-state index in [1.54, 1.807) is 6.07 Å². The molecule has 0 spiro atoms. The highest BCUT2D eigenvalue weighted by atomic mass is 79.9. The lowest BCUT2D eigenvalue weighted by Crippen LogP contribution is -2.24. The van der Waals surface area contributed by atoms with Gasteiger partial charge in [0, 0.05) is 30.0 Å². The Kier molecular flexibility index (Phi) is 4.29. The fraction of sp³-hybridized carbons (Fsp3) is 0.462. The smallest absolute Gasteiger partial charge is 0.140 e. The number of benzene rings is 1. The maximum atomic E-state index is 13.2. The van der Waals surface area contributed by atoms with Gasteiger partial charge < -0.3 is 4.74 Å². The van der Waals surface area contributed by atoms with Crippen LogP contribution < -0.4 is 0 Å². The van der Waals surface area contributed by atoms with E-state index in [1.165, 1.54) is 12.1 Å². The molecular weight excluding hydrogens is 287 g/mol. The Morgan fingerprint density at radius 1 is 1.35 bits per heavy atom. The summed E-state index contributed by atoms with van der Waals surface area (Å²) >= 11 is 3.23. The number of hydrogen-bond acceptors (Lipinski definition) is 2. The van der Waals surface area contributed by atoms with E-state index in [1.807, 2.05) is 0 Å². The molecule has 2 rings (SSSR count). The van der Waals surface area contributed by atoms with E-state index in [2.05, 4.69) is 15.9 Å². The van der Waals surface area contributed by atoms with Gasteiger partial charge in [0.1, 0.15) is 11.6 Å². The van der Waals surface area contributed by atoms with Crippen LogP contribution in [0.15, 0.2) is 22.7 Å². The minimum atomic E-state index is -0.311. The highest BCUT2D eigenvalue weighted by molar-refractivity contribution is 9.10. The van der Waals surface area contributed by atoms with Crippen molar-refractivity contribution >= 4 is 21.7 Å². The largest absolute Gasteiger partial charge is 0.381 e. The third-order valence-electron chi connectivity index (χ3n) is 2.98. The molecule has 0 aliphatic carbocycles. The number of ketones is 1. The van der Waals surface area contributed by atoms with Crippen LogP contribution in [0.4, 0.5) is 4.39 Å². The fourth-order valence-electron chi connectivity index (χ4n) is 2.08. The van der Waals surface area contributed by atoms with Gasteiger partial charge in [0.25, 0.3) is 0 Å². The van der Waals surface area contributed by atoms with Gasteiger partial charge >= 0.3 is 0 Å². The van der Waals surface area contributed by atoms with Gasteiger partial charge in [-0.3, -0.25) is 4.79 Å². The molecule has 1 aliphatic heterocycles. The molecule has 0 atom stereocenters. The van der Waals surface area contributed by atoms with Gasteiger partial charge in [0.2, 0.25) is 0 Å². The van der Waals surface area contributed by atoms with E-state index in [0.29, 0.717) is 24.1 Å². The van der Waals surface area contributed by atoms with Crippen LogP contribution in [-0.4, -0.2) is 19.0 Å². The monoisotopic (exact) mass is 300 g/mol. The Hall–Kier alpha value is -0.740. The third-order valence-corrected chi connectivity index (χ3v) is 3.44. The molecule has 4 heteroatoms. The summed E-state index contributed by atoms with van der Waals surface area (Å²) in [5.74, 6) is -0.0502. The summed E-state index contributed by atoms with van der Waals surface area (Å²) in [5, 5.41) is 0. The Balaban J connectivity index is 2.01. The van der Waals surface area contributed by atoms with Crippen molar-refractivity contribution in [2.75, 3.05) is 13.2 Å². The van der Waals surface area contributed by atoms with Gasteiger partial charge in [-0.05, 0) is 36.6 Å². The maximum absolute atomic E-state index is 13.2. The second-order valence-corrected chi connectivity index (χ2v) is 5.22. The molecule has 0 saturated carbocycles. The first-order valence-electron chi connectivity index (χ1n) is 5.70. The molecule has 17 heavy (non-hydrogen) atoms. The van der Waals surface area contributed by atoms with Gasteiger partial charge in [-0.2, -0.15) is 0 Å². The van der Waals surface area contributed by atoms with Crippen molar-refractivity contribution in [2.45, 2.75) is 19.3 Å². The molecule has 0 aromatic heterocycles. The minimum absolute atomic E-state index is 0.0748. The van der Waals surface area contributed by atoms with E-state index in [9.17, 15) is 9.18 Å². The molecule has 1 saturated heterocycles. The second kappa shape index (κ2) is 5.74. The molecule has 1 aromatic rings. The quantitative estimate of drug-likeness (QED) is 0.857. The number of rotatable bonds is 3. The summed E-state index contributed by atoms with van der Waals surface area (Å²) in [6.45, 7) is 1.31. The zero-order valence-corrected chi connectivity index (χ0v) is 11.0. The molecule has 0 radical (unpaired) electrons. The van der Waals surface area contributed by atoms with Crippen LogP contribution in [0.1, 0.15) is 18.4 Å². The molecule has 1 fully saturated rings. The summed E-state index contributed by atoms with van der Waals surface area (Å²) in [4.78, 5) is 12.0. The van der Waals surface area contributed by atoms with Crippen LogP contribution in [0, 0.1) is 11.7 Å². The topological polar surface area (TPSA) is 26.3 Å². The summed E-state index contributed by atoms with van der Waals surface area (Å²) in [7, 11) is 0. The molecule has 0 N–H and O–H groups in total. The van der Waals surface area contributed by atoms with Crippen molar-refractivity contribution in [2.24, 2.45) is 5.92 Å². The Bertz CT molecular complexity index is 394. The number of hydrogen-bond donors (Lipinski definition) is 0. The van der Waals surface area contributed by atoms with E-state index >= 15 is 0 Å². The average Bonchev–Trinajstić information content (AvgIpc) is 2.28. The lowest BCUT2D eigenvalue weighted by molar-refractivity contribution is -0.125. The molecule has 0 bridgehead atoms. The van der Waals surface area contributed by atoms with E-state index in [0.717, 1.165) is 18.4 Å². The molecule has 1 aliphatic rings. The van der Waals surface area contributed by atoms with Gasteiger partial charge in [-0.25, -0.2) is 4.39 Å². The molecule has 1 heterocycles. The van der Waals surface area contributed by atoms with Crippen molar-refractivity contribution in [3.63, 3.8) is 0 Å². The molecule has 92 valence electrons. The molecule has 0 amide bonds. The number of halogens is 2. The standard InChI is InChI=1S/C13H14BrFO2/c14-11-5-9(6-12(15)8-11)7-13(16)10-1-3-17-4-2-10/h5-6,8,10H,1-4,7H2. The van der Waals surface area contributed by atoms with Crippen molar-refractivity contribution < 1.29 is 13.9 Å². The number of ether oxygens (including phenoxy) is 1. The number of Topliss-reactive ketones (excluding diaryl/α,β-unsaturated/α-hetero) is 1. The highest BCUT2D eigenvalue weighted by Crippen LogP contribution is 2.20. The van der Waals surface area contributed by atoms with Crippen LogP contribution in [0.3, 0.4) is 0 Å². The third kappa shape index (κ3) is 3.61. The van der Waals surface area contributed by atoms with E-state index in [4.69, 9.17) is 4.74 Å². The van der Waals surface area contributed by atoms with Crippen LogP contribution in [-0.2, 0) is 16.0 Å². The maximum Gasteiger partial charge on any atom is 0.140 e. The zero-order valence-electron chi connectivity index (χ0n) is 9.42. The minimum Gasteiger partial charge on any atom is -0.381 e. The van der Waals surface area contributed by atoms with Gasteiger partial charge in [0.15, 0.2) is 0 Å². The van der Waals surface area contributed by atoms with E-state index < -0.39 is 0 Å². The molecule has 0 unspecified atom stereocenters. The predicted octanol–water partition coefficient (Wildman–Crippen LogP) is 3.13. The highest BCUT2D eigenvalue weighted by Gasteiger charge is 2.21. The second-order valence-electron chi connectivity index (χ2n) is 4.31. The molecule has 2 nitrogen and oxygen atoms in total. The zero-order chi connectivity index (χ0) is 12.3. The normalized spacial score (nSPS) is 17.1. The van der Waals surface area contributed by atoms with Gasteiger partial charge in [-0.15, -0.1) is 0 Å². The van der Waals surface area contributed by atoms with Crippen molar-refractivity contribution in [3.05, 3.63) is 34.1 Å². The van der Waals surface area contributed by atoms with Crippen LogP contribution in [0.25, 0.3) is 0 Å². The summed E-state index contributed by atoms with van der Waals surface area (Å²) < 4.78 is 19.1. The predicted molar refractivity (Wildman–Crippen MR) is 66.4 cm³/mol. The van der Waals surface area contributed by atoms with Crippen molar-refractivity contribution in [1.29, 1.82) is 0 Å². The Labute approximate surface area is 108 Å². The summed E-state index contributed by atoms with van der Waals surface area (Å²) in [5.41, 5.74) is 0.730. The van der Waals surface area contributed by atoms with Crippen molar-refractivity contribution in [3.8, 4) is 0 Å². The van der Waals surface area contributed by atoms with Gasteiger partial charge in [0.05, 0.1) is 0 Å².